The molecule has 2 aromatic heterocycles. The van der Waals surface area contributed by atoms with Crippen molar-refractivity contribution in [1.82, 2.24) is 9.38 Å². The molecular weight excluding hydrogens is 321 g/mol. The van der Waals surface area contributed by atoms with Crippen LogP contribution in [0.2, 0.25) is 5.02 Å². The number of ether oxygens (including phenoxy) is 1. The molecule has 23 heavy (non-hydrogen) atoms. The lowest BCUT2D eigenvalue weighted by Crippen LogP contribution is -2.20. The van der Waals surface area contributed by atoms with E-state index < -0.39 is 5.82 Å². The standard InChI is InChI=1S/C16H13ClFN3O2/c1-10-8-21-6-2-3-14(16(21)19-10)23-9-15(22)20-11-4-5-13(18)12(17)7-11/h2-8H,9H2,1H3,(H,20,22). The second kappa shape index (κ2) is 6.26. The first kappa shape index (κ1) is 15.3. The summed E-state index contributed by atoms with van der Waals surface area (Å²) in [5.41, 5.74) is 1.90. The number of nitrogens with one attached hydrogen (secondary N) is 1. The van der Waals surface area contributed by atoms with Gasteiger partial charge in [-0.3, -0.25) is 4.79 Å². The molecule has 0 aliphatic rings. The van der Waals surface area contributed by atoms with Gasteiger partial charge in [0.1, 0.15) is 5.82 Å². The summed E-state index contributed by atoms with van der Waals surface area (Å²) in [6.07, 6.45) is 3.71. The number of benzene rings is 1. The van der Waals surface area contributed by atoms with E-state index in [-0.39, 0.29) is 17.5 Å². The molecular formula is C16H13ClFN3O2. The van der Waals surface area contributed by atoms with Gasteiger partial charge in [-0.1, -0.05) is 11.6 Å². The lowest BCUT2D eigenvalue weighted by Gasteiger charge is -2.08. The van der Waals surface area contributed by atoms with Crippen LogP contribution in [0.1, 0.15) is 5.69 Å². The summed E-state index contributed by atoms with van der Waals surface area (Å²) in [6, 6.07) is 7.50. The van der Waals surface area contributed by atoms with Gasteiger partial charge >= 0.3 is 0 Å². The van der Waals surface area contributed by atoms with Gasteiger partial charge in [0, 0.05) is 18.1 Å². The van der Waals surface area contributed by atoms with Gasteiger partial charge in [-0.15, -0.1) is 0 Å². The Morgan fingerprint density at radius 2 is 2.26 bits per heavy atom. The zero-order valence-corrected chi connectivity index (χ0v) is 13.0. The number of carbonyl (C=O) groups is 1. The van der Waals surface area contributed by atoms with Crippen molar-refractivity contribution in [3.05, 3.63) is 59.3 Å². The number of anilines is 1. The number of rotatable bonds is 4. The summed E-state index contributed by atoms with van der Waals surface area (Å²) in [4.78, 5) is 16.3. The molecule has 0 aliphatic carbocycles. The Bertz CT molecular complexity index is 879. The predicted octanol–water partition coefficient (Wildman–Crippen LogP) is 3.45. The highest BCUT2D eigenvalue weighted by molar-refractivity contribution is 6.31. The van der Waals surface area contributed by atoms with Gasteiger partial charge in [0.2, 0.25) is 0 Å². The van der Waals surface area contributed by atoms with Crippen molar-refractivity contribution < 1.29 is 13.9 Å². The highest BCUT2D eigenvalue weighted by atomic mass is 35.5. The molecule has 5 nitrogen and oxygen atoms in total. The van der Waals surface area contributed by atoms with Crippen LogP contribution in [0.5, 0.6) is 5.75 Å². The molecule has 0 saturated carbocycles. The van der Waals surface area contributed by atoms with Crippen LogP contribution in [-0.2, 0) is 4.79 Å². The number of hydrogen-bond acceptors (Lipinski definition) is 3. The maximum absolute atomic E-state index is 13.1. The van der Waals surface area contributed by atoms with Gasteiger partial charge in [-0.2, -0.15) is 0 Å². The number of pyridine rings is 1. The van der Waals surface area contributed by atoms with E-state index in [2.05, 4.69) is 10.3 Å². The topological polar surface area (TPSA) is 55.6 Å². The van der Waals surface area contributed by atoms with Crippen LogP contribution < -0.4 is 10.1 Å². The Morgan fingerprint density at radius 3 is 3.04 bits per heavy atom. The number of amides is 1. The summed E-state index contributed by atoms with van der Waals surface area (Å²) >= 11 is 5.67. The van der Waals surface area contributed by atoms with Crippen LogP contribution in [0.15, 0.2) is 42.7 Å². The van der Waals surface area contributed by atoms with Crippen LogP contribution in [0.3, 0.4) is 0 Å². The smallest absolute Gasteiger partial charge is 0.262 e. The van der Waals surface area contributed by atoms with E-state index in [1.807, 2.05) is 23.7 Å². The maximum atomic E-state index is 13.1. The number of carbonyl (C=O) groups excluding carboxylic acids is 1. The molecule has 3 aromatic rings. The third kappa shape index (κ3) is 3.43. The number of hydrogen-bond donors (Lipinski definition) is 1. The first-order valence-corrected chi connectivity index (χ1v) is 7.23. The minimum atomic E-state index is -0.540. The molecule has 0 atom stereocenters. The van der Waals surface area contributed by atoms with Gasteiger partial charge in [-0.25, -0.2) is 9.37 Å². The minimum absolute atomic E-state index is 0.0543. The Morgan fingerprint density at radius 1 is 1.43 bits per heavy atom. The molecule has 0 saturated heterocycles. The molecule has 0 unspecified atom stereocenters. The van der Waals surface area contributed by atoms with Crippen molar-refractivity contribution >= 4 is 28.8 Å². The maximum Gasteiger partial charge on any atom is 0.262 e. The average Bonchev–Trinajstić information content (AvgIpc) is 2.89. The molecule has 1 N–H and O–H groups in total. The zero-order chi connectivity index (χ0) is 16.4. The highest BCUT2D eigenvalue weighted by Crippen LogP contribution is 2.20. The SMILES string of the molecule is Cc1cn2cccc(OCC(=O)Nc3ccc(F)c(Cl)c3)c2n1. The van der Waals surface area contributed by atoms with E-state index in [1.165, 1.54) is 18.2 Å². The molecule has 118 valence electrons. The molecule has 0 aliphatic heterocycles. The predicted molar refractivity (Wildman–Crippen MR) is 85.5 cm³/mol. The molecule has 0 spiro atoms. The molecule has 0 fully saturated rings. The van der Waals surface area contributed by atoms with Crippen LogP contribution in [0, 0.1) is 12.7 Å². The quantitative estimate of drug-likeness (QED) is 0.795. The van der Waals surface area contributed by atoms with E-state index in [9.17, 15) is 9.18 Å². The number of imidazole rings is 1. The van der Waals surface area contributed by atoms with Crippen LogP contribution in [0.25, 0.3) is 5.65 Å². The number of aryl methyl sites for hydroxylation is 1. The molecule has 3 rings (SSSR count). The van der Waals surface area contributed by atoms with Crippen LogP contribution in [-0.4, -0.2) is 21.9 Å². The summed E-state index contributed by atoms with van der Waals surface area (Å²) in [5, 5.41) is 2.54. The third-order valence-electron chi connectivity index (χ3n) is 3.13. The molecule has 0 bridgehead atoms. The van der Waals surface area contributed by atoms with E-state index in [0.717, 1.165) is 5.69 Å². The van der Waals surface area contributed by atoms with Gasteiger partial charge in [-0.05, 0) is 37.3 Å². The summed E-state index contributed by atoms with van der Waals surface area (Å²) in [5.74, 6) is -0.409. The Hall–Kier alpha value is -2.60. The third-order valence-corrected chi connectivity index (χ3v) is 3.42. The normalized spacial score (nSPS) is 10.7. The zero-order valence-electron chi connectivity index (χ0n) is 12.2. The van der Waals surface area contributed by atoms with Crippen LogP contribution in [0.4, 0.5) is 10.1 Å². The fraction of sp³-hybridized carbons (Fsp3) is 0.125. The van der Waals surface area contributed by atoms with Gasteiger partial charge < -0.3 is 14.5 Å². The first-order chi connectivity index (χ1) is 11.0. The average molecular weight is 334 g/mol. The van der Waals surface area contributed by atoms with E-state index in [0.29, 0.717) is 17.1 Å². The van der Waals surface area contributed by atoms with E-state index in [1.54, 1.807) is 12.1 Å². The second-order valence-electron chi connectivity index (χ2n) is 4.95. The number of halogens is 2. The van der Waals surface area contributed by atoms with Crippen molar-refractivity contribution in [3.63, 3.8) is 0 Å². The van der Waals surface area contributed by atoms with Crippen molar-refractivity contribution in [1.29, 1.82) is 0 Å². The molecule has 0 radical (unpaired) electrons. The number of aromatic nitrogens is 2. The Kier molecular flexibility index (Phi) is 4.16. The van der Waals surface area contributed by atoms with Gasteiger partial charge in [0.05, 0.1) is 10.7 Å². The molecule has 1 amide bonds. The minimum Gasteiger partial charge on any atom is -0.480 e. The first-order valence-electron chi connectivity index (χ1n) is 6.85. The number of nitrogens with zero attached hydrogens (tertiary/aromatic N) is 2. The van der Waals surface area contributed by atoms with Crippen molar-refractivity contribution in [2.75, 3.05) is 11.9 Å². The molecule has 1 aromatic carbocycles. The van der Waals surface area contributed by atoms with Crippen molar-refractivity contribution in [3.8, 4) is 5.75 Å². The largest absolute Gasteiger partial charge is 0.480 e. The Labute approximate surface area is 136 Å². The lowest BCUT2D eigenvalue weighted by molar-refractivity contribution is -0.118. The lowest BCUT2D eigenvalue weighted by atomic mass is 10.3. The second-order valence-corrected chi connectivity index (χ2v) is 5.36. The summed E-state index contributed by atoms with van der Waals surface area (Å²) in [6.45, 7) is 1.68. The monoisotopic (exact) mass is 333 g/mol. The number of fused-ring (bicyclic) bond motifs is 1. The summed E-state index contributed by atoms with van der Waals surface area (Å²) < 4.78 is 20.4. The van der Waals surface area contributed by atoms with E-state index >= 15 is 0 Å². The van der Waals surface area contributed by atoms with E-state index in [4.69, 9.17) is 16.3 Å². The fourth-order valence-electron chi connectivity index (χ4n) is 2.14. The van der Waals surface area contributed by atoms with Crippen molar-refractivity contribution in [2.45, 2.75) is 6.92 Å². The fourth-order valence-corrected chi connectivity index (χ4v) is 2.32. The Balaban J connectivity index is 1.67. The highest BCUT2D eigenvalue weighted by Gasteiger charge is 2.09. The summed E-state index contributed by atoms with van der Waals surface area (Å²) in [7, 11) is 0. The molecule has 7 heteroatoms. The molecule has 2 heterocycles. The van der Waals surface area contributed by atoms with Gasteiger partial charge in [0.25, 0.3) is 5.91 Å². The van der Waals surface area contributed by atoms with Crippen LogP contribution >= 0.6 is 11.6 Å². The van der Waals surface area contributed by atoms with Gasteiger partial charge in [0.15, 0.2) is 18.0 Å². The van der Waals surface area contributed by atoms with Crippen molar-refractivity contribution in [2.24, 2.45) is 0 Å².